The lowest BCUT2D eigenvalue weighted by Crippen LogP contribution is -2.58. The molecule has 3 nitrogen and oxygen atoms in total. The Kier molecular flexibility index (Phi) is 2.75. The van der Waals surface area contributed by atoms with E-state index in [-0.39, 0.29) is 11.0 Å². The van der Waals surface area contributed by atoms with E-state index in [0.29, 0.717) is 6.04 Å². The highest BCUT2D eigenvalue weighted by Crippen LogP contribution is 2.35. The standard InChI is InChI=1S/C11H21N3S/c1-8-12-7-13(11(2,3)4)10(15)14(8)9-5-6-9/h9-10,15H,5-7H2,1-4H3. The molecule has 1 atom stereocenters. The molecule has 1 aliphatic carbocycles. The lowest BCUT2D eigenvalue weighted by molar-refractivity contribution is 0.0546. The lowest BCUT2D eigenvalue weighted by Gasteiger charge is -2.47. The van der Waals surface area contributed by atoms with Crippen molar-refractivity contribution in [3.63, 3.8) is 0 Å². The summed E-state index contributed by atoms with van der Waals surface area (Å²) < 4.78 is 0. The summed E-state index contributed by atoms with van der Waals surface area (Å²) in [5, 5.41) is 0. The molecule has 1 fully saturated rings. The fourth-order valence-electron chi connectivity index (χ4n) is 2.01. The third-order valence-electron chi connectivity index (χ3n) is 3.16. The molecule has 0 spiro atoms. The SMILES string of the molecule is CC1=NCN(C(C)(C)C)C(S)N1C1CC1. The minimum atomic E-state index is 0.129. The Morgan fingerprint density at radius 2 is 1.93 bits per heavy atom. The monoisotopic (exact) mass is 227 g/mol. The zero-order valence-electron chi connectivity index (χ0n) is 10.1. The molecule has 4 heteroatoms. The first-order valence-corrected chi connectivity index (χ1v) is 6.17. The fourth-order valence-corrected chi connectivity index (χ4v) is 2.79. The molecule has 1 unspecified atom stereocenters. The van der Waals surface area contributed by atoms with Crippen LogP contribution in [0.4, 0.5) is 0 Å². The second-order valence-electron chi connectivity index (χ2n) is 5.47. The molecule has 15 heavy (non-hydrogen) atoms. The zero-order valence-corrected chi connectivity index (χ0v) is 11.0. The maximum Gasteiger partial charge on any atom is 0.130 e. The Bertz CT molecular complexity index is 278. The molecule has 1 aliphatic heterocycles. The average Bonchev–Trinajstić information content (AvgIpc) is 2.85. The van der Waals surface area contributed by atoms with Crippen molar-refractivity contribution in [2.45, 2.75) is 57.6 Å². The van der Waals surface area contributed by atoms with E-state index in [2.05, 4.69) is 42.5 Å². The van der Waals surface area contributed by atoms with Gasteiger partial charge in [-0.25, -0.2) is 0 Å². The molecule has 2 rings (SSSR count). The first-order chi connectivity index (χ1) is 6.91. The van der Waals surface area contributed by atoms with Gasteiger partial charge in [0.25, 0.3) is 0 Å². The minimum Gasteiger partial charge on any atom is -0.333 e. The van der Waals surface area contributed by atoms with Gasteiger partial charge in [0.15, 0.2) is 0 Å². The Morgan fingerprint density at radius 3 is 2.40 bits per heavy atom. The van der Waals surface area contributed by atoms with E-state index in [0.717, 1.165) is 12.5 Å². The predicted molar refractivity (Wildman–Crippen MR) is 67.2 cm³/mol. The van der Waals surface area contributed by atoms with Crippen LogP contribution >= 0.6 is 12.6 Å². The summed E-state index contributed by atoms with van der Waals surface area (Å²) >= 11 is 4.75. The molecule has 0 bridgehead atoms. The smallest absolute Gasteiger partial charge is 0.130 e. The van der Waals surface area contributed by atoms with Crippen LogP contribution in [0.1, 0.15) is 40.5 Å². The Balaban J connectivity index is 2.19. The van der Waals surface area contributed by atoms with E-state index < -0.39 is 0 Å². The predicted octanol–water partition coefficient (Wildman–Crippen LogP) is 2.15. The first-order valence-electron chi connectivity index (χ1n) is 5.65. The van der Waals surface area contributed by atoms with Crippen molar-refractivity contribution in [2.24, 2.45) is 4.99 Å². The third-order valence-corrected chi connectivity index (χ3v) is 3.68. The van der Waals surface area contributed by atoms with E-state index in [4.69, 9.17) is 12.6 Å². The second-order valence-corrected chi connectivity index (χ2v) is 5.93. The fraction of sp³-hybridized carbons (Fsp3) is 0.909. The van der Waals surface area contributed by atoms with Gasteiger partial charge in [-0.3, -0.25) is 9.89 Å². The molecule has 0 radical (unpaired) electrons. The highest BCUT2D eigenvalue weighted by Gasteiger charge is 2.40. The minimum absolute atomic E-state index is 0.129. The van der Waals surface area contributed by atoms with Gasteiger partial charge in [-0.1, -0.05) is 0 Å². The zero-order chi connectivity index (χ0) is 11.2. The van der Waals surface area contributed by atoms with Crippen LogP contribution < -0.4 is 0 Å². The van der Waals surface area contributed by atoms with E-state index in [1.807, 2.05) is 0 Å². The van der Waals surface area contributed by atoms with Crippen molar-refractivity contribution in [3.05, 3.63) is 0 Å². The van der Waals surface area contributed by atoms with Gasteiger partial charge in [0.1, 0.15) is 5.50 Å². The van der Waals surface area contributed by atoms with Crippen molar-refractivity contribution >= 4 is 18.5 Å². The lowest BCUT2D eigenvalue weighted by atomic mass is 10.1. The molecule has 1 heterocycles. The summed E-state index contributed by atoms with van der Waals surface area (Å²) in [5.74, 6) is 1.15. The van der Waals surface area contributed by atoms with Crippen molar-refractivity contribution in [2.75, 3.05) is 6.67 Å². The van der Waals surface area contributed by atoms with Crippen LogP contribution in [0.5, 0.6) is 0 Å². The normalized spacial score (nSPS) is 29.3. The molecule has 0 aromatic rings. The molecule has 0 saturated heterocycles. The average molecular weight is 227 g/mol. The summed E-state index contributed by atoms with van der Waals surface area (Å²) in [4.78, 5) is 9.28. The van der Waals surface area contributed by atoms with Crippen LogP contribution in [-0.4, -0.2) is 39.4 Å². The van der Waals surface area contributed by atoms with E-state index in [1.165, 1.54) is 12.8 Å². The number of hydrogen-bond donors (Lipinski definition) is 1. The molecule has 0 aromatic heterocycles. The van der Waals surface area contributed by atoms with Gasteiger partial charge in [-0.2, -0.15) is 0 Å². The summed E-state index contributed by atoms with van der Waals surface area (Å²) in [5.41, 5.74) is 0.319. The van der Waals surface area contributed by atoms with Crippen LogP contribution in [-0.2, 0) is 0 Å². The van der Waals surface area contributed by atoms with E-state index in [9.17, 15) is 0 Å². The largest absolute Gasteiger partial charge is 0.333 e. The molecular formula is C11H21N3S. The van der Waals surface area contributed by atoms with Crippen LogP contribution in [0.15, 0.2) is 4.99 Å². The van der Waals surface area contributed by atoms with Gasteiger partial charge in [-0.15, -0.1) is 12.6 Å². The molecule has 0 amide bonds. The Hall–Kier alpha value is -0.220. The van der Waals surface area contributed by atoms with Crippen LogP contribution in [0.25, 0.3) is 0 Å². The van der Waals surface area contributed by atoms with E-state index >= 15 is 0 Å². The van der Waals surface area contributed by atoms with Crippen molar-refractivity contribution in [1.29, 1.82) is 0 Å². The summed E-state index contributed by atoms with van der Waals surface area (Å²) in [6.07, 6.45) is 2.59. The Labute approximate surface area is 97.9 Å². The molecular weight excluding hydrogens is 206 g/mol. The molecule has 86 valence electrons. The highest BCUT2D eigenvalue weighted by molar-refractivity contribution is 7.80. The van der Waals surface area contributed by atoms with Crippen LogP contribution in [0.2, 0.25) is 0 Å². The van der Waals surface area contributed by atoms with Gasteiger partial charge in [0.2, 0.25) is 0 Å². The topological polar surface area (TPSA) is 18.8 Å². The first kappa shape index (κ1) is 11.3. The third kappa shape index (κ3) is 2.16. The number of thiol groups is 1. The van der Waals surface area contributed by atoms with Crippen LogP contribution in [0, 0.1) is 0 Å². The van der Waals surface area contributed by atoms with Gasteiger partial charge < -0.3 is 4.90 Å². The van der Waals surface area contributed by atoms with Gasteiger partial charge in [0, 0.05) is 11.6 Å². The van der Waals surface area contributed by atoms with Crippen molar-refractivity contribution < 1.29 is 0 Å². The number of nitrogens with zero attached hydrogens (tertiary/aromatic N) is 3. The number of amidine groups is 1. The molecule has 2 aliphatic rings. The van der Waals surface area contributed by atoms with Crippen molar-refractivity contribution in [3.8, 4) is 0 Å². The van der Waals surface area contributed by atoms with Gasteiger partial charge in [0.05, 0.1) is 12.5 Å². The highest BCUT2D eigenvalue weighted by atomic mass is 32.1. The molecule has 1 saturated carbocycles. The maximum atomic E-state index is 4.75. The van der Waals surface area contributed by atoms with E-state index in [1.54, 1.807) is 0 Å². The van der Waals surface area contributed by atoms with Gasteiger partial charge in [-0.05, 0) is 40.5 Å². The molecule has 0 N–H and O–H groups in total. The Morgan fingerprint density at radius 1 is 1.33 bits per heavy atom. The summed E-state index contributed by atoms with van der Waals surface area (Å²) in [6.45, 7) is 9.53. The van der Waals surface area contributed by atoms with Crippen molar-refractivity contribution in [1.82, 2.24) is 9.80 Å². The number of rotatable bonds is 1. The second kappa shape index (κ2) is 3.67. The quantitative estimate of drug-likeness (QED) is 0.692. The molecule has 0 aromatic carbocycles. The number of aliphatic imine (C=N–C) groups is 1. The number of hydrogen-bond acceptors (Lipinski definition) is 4. The summed E-state index contributed by atoms with van der Waals surface area (Å²) in [7, 11) is 0. The maximum absolute atomic E-state index is 4.75. The summed E-state index contributed by atoms with van der Waals surface area (Å²) in [6, 6.07) is 0.682. The van der Waals surface area contributed by atoms with Crippen LogP contribution in [0.3, 0.4) is 0 Å². The van der Waals surface area contributed by atoms with Gasteiger partial charge >= 0.3 is 0 Å².